The van der Waals surface area contributed by atoms with Gasteiger partial charge in [-0.05, 0) is 130 Å². The van der Waals surface area contributed by atoms with E-state index in [9.17, 15) is 0 Å². The van der Waals surface area contributed by atoms with Crippen LogP contribution in [0.15, 0.2) is 188 Å². The third-order valence-electron chi connectivity index (χ3n) is 19.3. The van der Waals surface area contributed by atoms with Crippen LogP contribution in [-0.2, 0) is 10.8 Å². The molecule has 4 aromatic heterocycles. The summed E-state index contributed by atoms with van der Waals surface area (Å²) in [5.41, 5.74) is 21.9. The zero-order valence-corrected chi connectivity index (χ0v) is 52.8. The number of hydrogen-bond acceptors (Lipinski definition) is 6. The Morgan fingerprint density at radius 3 is 0.943 bits per heavy atom. The van der Waals surface area contributed by atoms with Gasteiger partial charge in [0, 0.05) is 65.0 Å². The number of hydrogen-bond donors (Lipinski definition) is 0. The van der Waals surface area contributed by atoms with E-state index in [0.717, 1.165) is 155 Å². The molecule has 88 heavy (non-hydrogen) atoms. The standard InChI is InChI=1S/C82H72N2O4/c1-43(2)61-41-65(83(71-45(5)29-33-55-49-21-15-17-27-67(49)85-77(55)71)73-47(7)31-35-57-53-23-19-25-63(81(9,10)11)75(53)87-79(57)73)59-40-38-52-62(44(3)4)42-66(60-39-37-51(61)69(59)70(52)60)84(72-46(6)30-34-56-50-22-16-18-28-68(50)86-78(56)72)74-48(8)32-36-58-54-24-20-26-64(82(12,13)14)76(54)88-80(58)74/h15-44H,1-14H3. The van der Waals surface area contributed by atoms with E-state index in [0.29, 0.717) is 0 Å². The quantitative estimate of drug-likeness (QED) is 0.141. The number of nitrogens with zero attached hydrogens (tertiary/aromatic N) is 2. The summed E-state index contributed by atoms with van der Waals surface area (Å²) >= 11 is 0. The predicted octanol–water partition coefficient (Wildman–Crippen LogP) is 25.2. The molecular formula is C82H72N2O4. The Hall–Kier alpha value is -9.52. The fourth-order valence-electron chi connectivity index (χ4n) is 15.0. The van der Waals surface area contributed by atoms with E-state index in [-0.39, 0.29) is 22.7 Å². The zero-order chi connectivity index (χ0) is 60.7. The van der Waals surface area contributed by atoms with E-state index in [1.165, 1.54) is 43.8 Å². The number of aryl methyl sites for hydroxylation is 4. The van der Waals surface area contributed by atoms with E-state index in [1.807, 2.05) is 0 Å². The summed E-state index contributed by atoms with van der Waals surface area (Å²) < 4.78 is 29.3. The van der Waals surface area contributed by atoms with Crippen molar-refractivity contribution < 1.29 is 17.7 Å². The molecule has 12 aromatic carbocycles. The highest BCUT2D eigenvalue weighted by molar-refractivity contribution is 6.31. The number of benzene rings is 12. The minimum Gasteiger partial charge on any atom is -0.454 e. The molecule has 0 radical (unpaired) electrons. The van der Waals surface area contributed by atoms with Gasteiger partial charge < -0.3 is 27.5 Å². The molecule has 0 aliphatic heterocycles. The molecule has 0 unspecified atom stereocenters. The average molecular weight is 1150 g/mol. The molecule has 0 amide bonds. The highest BCUT2D eigenvalue weighted by atomic mass is 16.3. The average Bonchev–Trinajstić information content (AvgIpc) is 0.925. The van der Waals surface area contributed by atoms with E-state index >= 15 is 0 Å². The van der Waals surface area contributed by atoms with Gasteiger partial charge in [0.2, 0.25) is 0 Å². The molecule has 0 spiro atoms. The second kappa shape index (κ2) is 19.0. The molecule has 16 aromatic rings. The van der Waals surface area contributed by atoms with Crippen molar-refractivity contribution >= 4 is 154 Å². The third kappa shape index (κ3) is 7.66. The fourth-order valence-corrected chi connectivity index (χ4v) is 15.0. The van der Waals surface area contributed by atoms with Gasteiger partial charge in [-0.25, -0.2) is 0 Å². The van der Waals surface area contributed by atoms with E-state index < -0.39 is 0 Å². The van der Waals surface area contributed by atoms with Crippen LogP contribution in [0.2, 0.25) is 0 Å². The Balaban J connectivity index is 1.08. The third-order valence-corrected chi connectivity index (χ3v) is 19.3. The van der Waals surface area contributed by atoms with Crippen molar-refractivity contribution in [2.75, 3.05) is 9.80 Å². The number of rotatable bonds is 8. The molecule has 0 aliphatic carbocycles. The highest BCUT2D eigenvalue weighted by Gasteiger charge is 2.34. The van der Waals surface area contributed by atoms with Crippen LogP contribution in [0.5, 0.6) is 0 Å². The number of para-hydroxylation sites is 4. The van der Waals surface area contributed by atoms with Crippen LogP contribution in [-0.4, -0.2) is 0 Å². The van der Waals surface area contributed by atoms with Gasteiger partial charge in [0.15, 0.2) is 22.3 Å². The normalized spacial score (nSPS) is 12.9. The Morgan fingerprint density at radius 2 is 0.591 bits per heavy atom. The van der Waals surface area contributed by atoms with Gasteiger partial charge in [-0.3, -0.25) is 0 Å². The lowest BCUT2D eigenvalue weighted by Crippen LogP contribution is -2.16. The monoisotopic (exact) mass is 1150 g/mol. The maximum atomic E-state index is 7.48. The Labute approximate surface area is 512 Å². The second-order valence-electron chi connectivity index (χ2n) is 27.7. The maximum Gasteiger partial charge on any atom is 0.159 e. The minimum atomic E-state index is -0.162. The summed E-state index contributed by atoms with van der Waals surface area (Å²) in [6, 6.07) is 62.9. The summed E-state index contributed by atoms with van der Waals surface area (Å²) in [6.45, 7) is 32.0. The summed E-state index contributed by atoms with van der Waals surface area (Å²) in [6.07, 6.45) is 0. The van der Waals surface area contributed by atoms with Crippen LogP contribution in [0.3, 0.4) is 0 Å². The Morgan fingerprint density at radius 1 is 0.295 bits per heavy atom. The van der Waals surface area contributed by atoms with Crippen LogP contribution in [0.1, 0.15) is 126 Å². The molecule has 0 fully saturated rings. The fraction of sp³-hybridized carbons (Fsp3) is 0.220. The number of furan rings is 4. The molecule has 16 rings (SSSR count). The van der Waals surface area contributed by atoms with Crippen molar-refractivity contribution in [3.8, 4) is 0 Å². The highest BCUT2D eigenvalue weighted by Crippen LogP contribution is 2.57. The summed E-state index contributed by atoms with van der Waals surface area (Å²) in [5.74, 6) is 0.289. The van der Waals surface area contributed by atoms with Gasteiger partial charge >= 0.3 is 0 Å². The van der Waals surface area contributed by atoms with Crippen LogP contribution >= 0.6 is 0 Å². The Kier molecular flexibility index (Phi) is 11.6. The summed E-state index contributed by atoms with van der Waals surface area (Å²) in [7, 11) is 0. The van der Waals surface area contributed by atoms with Crippen LogP contribution < -0.4 is 9.80 Å². The molecular weight excluding hydrogens is 1080 g/mol. The van der Waals surface area contributed by atoms with Crippen molar-refractivity contribution in [3.05, 3.63) is 214 Å². The first kappa shape index (κ1) is 53.9. The molecule has 6 nitrogen and oxygen atoms in total. The van der Waals surface area contributed by atoms with Crippen LogP contribution in [0, 0.1) is 27.7 Å². The van der Waals surface area contributed by atoms with Crippen molar-refractivity contribution in [3.63, 3.8) is 0 Å². The van der Waals surface area contributed by atoms with Gasteiger partial charge in [0.1, 0.15) is 22.3 Å². The molecule has 0 bridgehead atoms. The van der Waals surface area contributed by atoms with Gasteiger partial charge in [-0.15, -0.1) is 0 Å². The molecule has 6 heteroatoms. The molecule has 4 heterocycles. The van der Waals surface area contributed by atoms with Gasteiger partial charge in [0.05, 0.1) is 34.1 Å². The number of fused-ring (bicyclic) bond motifs is 12. The van der Waals surface area contributed by atoms with Crippen molar-refractivity contribution in [2.45, 2.75) is 120 Å². The Bertz CT molecular complexity index is 5260. The lowest BCUT2D eigenvalue weighted by atomic mass is 9.83. The van der Waals surface area contributed by atoms with Crippen LogP contribution in [0.4, 0.5) is 34.1 Å². The van der Waals surface area contributed by atoms with Crippen molar-refractivity contribution in [1.29, 1.82) is 0 Å². The molecule has 434 valence electrons. The number of anilines is 6. The van der Waals surface area contributed by atoms with Crippen molar-refractivity contribution in [2.24, 2.45) is 0 Å². The molecule has 0 saturated carbocycles. The van der Waals surface area contributed by atoms with E-state index in [2.05, 4.69) is 277 Å². The zero-order valence-electron chi connectivity index (χ0n) is 52.8. The molecule has 0 atom stereocenters. The first-order valence-electron chi connectivity index (χ1n) is 31.4. The minimum absolute atomic E-state index is 0.144. The van der Waals surface area contributed by atoms with E-state index in [4.69, 9.17) is 17.7 Å². The van der Waals surface area contributed by atoms with Crippen molar-refractivity contribution in [1.82, 2.24) is 0 Å². The maximum absolute atomic E-state index is 7.48. The summed E-state index contributed by atoms with van der Waals surface area (Å²) in [4.78, 5) is 5.04. The molecule has 0 aliphatic rings. The summed E-state index contributed by atoms with van der Waals surface area (Å²) in [5, 5.41) is 15.8. The SMILES string of the molecule is Cc1ccc2c(oc3ccccc32)c1N(c1cc(C(C)C)c2ccc3c(N(c4c(C)ccc5c4oc4ccccc45)c4c(C)ccc5c4oc4c(C(C)(C)C)cccc45)cc(C(C)C)c4ccc1c2c43)c1c(C)ccc2c1oc1c(C(C)(C)C)cccc12. The smallest absolute Gasteiger partial charge is 0.159 e. The van der Waals surface area contributed by atoms with Gasteiger partial charge in [-0.1, -0.05) is 215 Å². The molecule has 0 saturated heterocycles. The first-order chi connectivity index (χ1) is 42.3. The lowest BCUT2D eigenvalue weighted by Gasteiger charge is -2.33. The largest absolute Gasteiger partial charge is 0.454 e. The van der Waals surface area contributed by atoms with Gasteiger partial charge in [-0.2, -0.15) is 0 Å². The second-order valence-corrected chi connectivity index (χ2v) is 27.7. The topological polar surface area (TPSA) is 59.0 Å². The lowest BCUT2D eigenvalue weighted by molar-refractivity contribution is 0.572. The first-order valence-corrected chi connectivity index (χ1v) is 31.4. The van der Waals surface area contributed by atoms with Gasteiger partial charge in [0.25, 0.3) is 0 Å². The molecule has 0 N–H and O–H groups in total. The van der Waals surface area contributed by atoms with Crippen LogP contribution in [0.25, 0.3) is 120 Å². The van der Waals surface area contributed by atoms with E-state index in [1.54, 1.807) is 0 Å². The predicted molar refractivity (Wildman–Crippen MR) is 373 cm³/mol.